The van der Waals surface area contributed by atoms with E-state index in [0.717, 1.165) is 0 Å². The summed E-state index contributed by atoms with van der Waals surface area (Å²) in [5, 5.41) is 2.57. The summed E-state index contributed by atoms with van der Waals surface area (Å²) in [5.74, 6) is -5.12. The van der Waals surface area contributed by atoms with Crippen LogP contribution in [-0.4, -0.2) is 37.7 Å². The Balaban J connectivity index is 1.59. The fraction of sp³-hybridized carbons (Fsp3) is 0.667. The first kappa shape index (κ1) is 22.7. The Kier molecular flexibility index (Phi) is 5.36. The van der Waals surface area contributed by atoms with Gasteiger partial charge in [0, 0.05) is 31.6 Å². The third kappa shape index (κ3) is 4.25. The molecule has 0 aliphatic heterocycles. The largest absolute Gasteiger partial charge is 0.391 e. The van der Waals surface area contributed by atoms with E-state index >= 15 is 0 Å². The topological polar surface area (TPSA) is 68.9 Å². The van der Waals surface area contributed by atoms with E-state index < -0.39 is 54.5 Å². The molecular formula is C21H25F5N4O2. The predicted molar refractivity (Wildman–Crippen MR) is 106 cm³/mol. The van der Waals surface area contributed by atoms with Crippen LogP contribution >= 0.6 is 0 Å². The minimum atomic E-state index is -4.25. The number of hydrogen-bond donors (Lipinski definition) is 1. The first-order valence-electron chi connectivity index (χ1n) is 10.6. The van der Waals surface area contributed by atoms with Crippen LogP contribution < -0.4 is 11.0 Å². The molecule has 2 heterocycles. The maximum Gasteiger partial charge on any atom is 0.391 e. The number of alkyl halides is 5. The third-order valence-corrected chi connectivity index (χ3v) is 6.64. The Hall–Kier alpha value is -2.46. The number of fused-ring (bicyclic) bond motifs is 1. The Morgan fingerprint density at radius 1 is 1.28 bits per heavy atom. The highest BCUT2D eigenvalue weighted by Crippen LogP contribution is 2.45. The van der Waals surface area contributed by atoms with Gasteiger partial charge in [-0.2, -0.15) is 13.2 Å². The normalized spacial score (nSPS) is 24.8. The zero-order valence-electron chi connectivity index (χ0n) is 17.8. The fourth-order valence-corrected chi connectivity index (χ4v) is 5.16. The molecule has 2 aliphatic rings. The molecule has 0 radical (unpaired) electrons. The molecule has 2 aliphatic carbocycles. The molecule has 0 saturated heterocycles. The number of aromatic nitrogens is 3. The van der Waals surface area contributed by atoms with Gasteiger partial charge in [-0.25, -0.2) is 18.6 Å². The summed E-state index contributed by atoms with van der Waals surface area (Å²) in [6, 6.07) is 1.62. The smallest absolute Gasteiger partial charge is 0.349 e. The number of carbonyl (C=O) groups excluding carboxylic acids is 1. The zero-order valence-corrected chi connectivity index (χ0v) is 17.8. The van der Waals surface area contributed by atoms with Gasteiger partial charge in [0.25, 0.3) is 5.92 Å². The summed E-state index contributed by atoms with van der Waals surface area (Å²) in [6.07, 6.45) is -2.60. The van der Waals surface area contributed by atoms with E-state index in [0.29, 0.717) is 29.6 Å². The average molecular weight is 460 g/mol. The molecule has 1 amide bonds. The Morgan fingerprint density at radius 2 is 1.97 bits per heavy atom. The molecule has 2 saturated carbocycles. The van der Waals surface area contributed by atoms with E-state index in [9.17, 15) is 31.5 Å². The molecule has 176 valence electrons. The second-order valence-corrected chi connectivity index (χ2v) is 9.46. The van der Waals surface area contributed by atoms with Gasteiger partial charge in [-0.05, 0) is 43.7 Å². The van der Waals surface area contributed by atoms with Gasteiger partial charge in [-0.15, -0.1) is 0 Å². The van der Waals surface area contributed by atoms with E-state index in [1.807, 2.05) is 0 Å². The lowest BCUT2D eigenvalue weighted by molar-refractivity contribution is -0.183. The van der Waals surface area contributed by atoms with Crippen molar-refractivity contribution in [1.82, 2.24) is 19.4 Å². The number of nitrogens with one attached hydrogen (secondary N) is 1. The second kappa shape index (κ2) is 7.55. The molecule has 0 aromatic carbocycles. The number of carbonyl (C=O) groups is 1. The molecule has 2 atom stereocenters. The summed E-state index contributed by atoms with van der Waals surface area (Å²) >= 11 is 0. The average Bonchev–Trinajstić information content (AvgIpc) is 2.90. The maximum absolute atomic E-state index is 13.2. The van der Waals surface area contributed by atoms with Gasteiger partial charge in [-0.3, -0.25) is 13.9 Å². The van der Waals surface area contributed by atoms with Gasteiger partial charge >= 0.3 is 11.9 Å². The minimum absolute atomic E-state index is 0.0409. The maximum atomic E-state index is 13.2. The summed E-state index contributed by atoms with van der Waals surface area (Å²) < 4.78 is 68.5. The lowest BCUT2D eigenvalue weighted by Gasteiger charge is -2.45. The number of hydrogen-bond acceptors (Lipinski definition) is 3. The number of halogens is 5. The van der Waals surface area contributed by atoms with Crippen molar-refractivity contribution in [3.05, 3.63) is 28.3 Å². The van der Waals surface area contributed by atoms with Crippen molar-refractivity contribution >= 4 is 17.1 Å². The molecule has 32 heavy (non-hydrogen) atoms. The molecule has 2 aromatic heterocycles. The Labute approximate surface area is 180 Å². The Morgan fingerprint density at radius 3 is 2.59 bits per heavy atom. The predicted octanol–water partition coefficient (Wildman–Crippen LogP) is 3.88. The zero-order chi connectivity index (χ0) is 23.5. The molecule has 1 N–H and O–H groups in total. The van der Waals surface area contributed by atoms with Crippen LogP contribution in [0.1, 0.15) is 56.9 Å². The van der Waals surface area contributed by atoms with Crippen molar-refractivity contribution in [1.29, 1.82) is 0 Å². The molecule has 6 nitrogen and oxygen atoms in total. The van der Waals surface area contributed by atoms with Crippen LogP contribution in [0.5, 0.6) is 0 Å². The lowest BCUT2D eigenvalue weighted by atomic mass is 9.75. The highest BCUT2D eigenvalue weighted by Gasteiger charge is 2.54. The van der Waals surface area contributed by atoms with Gasteiger partial charge in [0.15, 0.2) is 5.65 Å². The van der Waals surface area contributed by atoms with Crippen molar-refractivity contribution < 1.29 is 26.7 Å². The number of nitrogens with zero attached hydrogens (tertiary/aromatic N) is 3. The molecular weight excluding hydrogens is 435 g/mol. The lowest BCUT2D eigenvalue weighted by Crippen LogP contribution is -2.60. The molecule has 0 bridgehead atoms. The molecule has 0 spiro atoms. The van der Waals surface area contributed by atoms with Crippen molar-refractivity contribution in [3.8, 4) is 0 Å². The summed E-state index contributed by atoms with van der Waals surface area (Å²) in [6.45, 7) is 1.13. The van der Waals surface area contributed by atoms with E-state index in [1.54, 1.807) is 6.07 Å². The molecule has 4 rings (SSSR count). The molecule has 11 heteroatoms. The van der Waals surface area contributed by atoms with Crippen molar-refractivity contribution in [2.24, 2.45) is 13.0 Å². The van der Waals surface area contributed by atoms with Crippen LogP contribution in [0.25, 0.3) is 11.2 Å². The quantitative estimate of drug-likeness (QED) is 0.705. The first-order chi connectivity index (χ1) is 14.8. The van der Waals surface area contributed by atoms with E-state index in [4.69, 9.17) is 0 Å². The van der Waals surface area contributed by atoms with Gasteiger partial charge in [0.1, 0.15) is 6.54 Å². The number of amides is 1. The summed E-state index contributed by atoms with van der Waals surface area (Å²) in [5.41, 5.74) is -0.315. The molecule has 2 aromatic rings. The van der Waals surface area contributed by atoms with E-state index in [1.165, 1.54) is 29.3 Å². The third-order valence-electron chi connectivity index (χ3n) is 6.64. The van der Waals surface area contributed by atoms with Gasteiger partial charge in [0.05, 0.1) is 11.4 Å². The highest BCUT2D eigenvalue weighted by molar-refractivity contribution is 5.80. The molecule has 2 fully saturated rings. The summed E-state index contributed by atoms with van der Waals surface area (Å²) in [4.78, 5) is 29.5. The monoisotopic (exact) mass is 460 g/mol. The second-order valence-electron chi connectivity index (χ2n) is 9.46. The van der Waals surface area contributed by atoms with Crippen LogP contribution in [0, 0.1) is 5.92 Å². The van der Waals surface area contributed by atoms with Crippen LogP contribution in [0.15, 0.2) is 17.1 Å². The van der Waals surface area contributed by atoms with Crippen molar-refractivity contribution in [3.63, 3.8) is 0 Å². The van der Waals surface area contributed by atoms with Crippen LogP contribution in [0.3, 0.4) is 0 Å². The minimum Gasteiger partial charge on any atom is -0.349 e. The SMILES string of the molecule is Cn1c(=O)n(CC(=O)NC2(C)CC(F)(F)C2)c2cc(C3CCCC(C(F)(F)F)C3)cnc21. The number of imidazole rings is 1. The fourth-order valence-electron chi connectivity index (χ4n) is 5.16. The standard InChI is InChI=1S/C21H25F5N4O2/c1-19(10-20(22,23)11-19)28-16(31)9-30-15-7-13(8-27-17(15)29(2)18(30)32)12-4-3-5-14(6-12)21(24,25)26/h7-8,12,14H,3-6,9-11H2,1-2H3,(H,28,31). The highest BCUT2D eigenvalue weighted by atomic mass is 19.4. The number of rotatable bonds is 4. The van der Waals surface area contributed by atoms with Crippen molar-refractivity contribution in [2.75, 3.05) is 0 Å². The van der Waals surface area contributed by atoms with Crippen LogP contribution in [0.4, 0.5) is 22.0 Å². The van der Waals surface area contributed by atoms with Crippen LogP contribution in [-0.2, 0) is 18.4 Å². The number of aryl methyl sites for hydroxylation is 1. The van der Waals surface area contributed by atoms with E-state index in [2.05, 4.69) is 10.3 Å². The van der Waals surface area contributed by atoms with Gasteiger partial charge in [0.2, 0.25) is 5.91 Å². The van der Waals surface area contributed by atoms with Crippen LogP contribution in [0.2, 0.25) is 0 Å². The van der Waals surface area contributed by atoms with Gasteiger partial charge in [-0.1, -0.05) is 6.42 Å². The Bertz CT molecular complexity index is 1100. The van der Waals surface area contributed by atoms with Crippen molar-refractivity contribution in [2.45, 2.75) is 75.5 Å². The summed E-state index contributed by atoms with van der Waals surface area (Å²) in [7, 11) is 1.49. The van der Waals surface area contributed by atoms with Gasteiger partial charge < -0.3 is 5.32 Å². The van der Waals surface area contributed by atoms with E-state index in [-0.39, 0.29) is 18.8 Å². The molecule has 2 unspecified atom stereocenters. The number of pyridine rings is 1. The first-order valence-corrected chi connectivity index (χ1v) is 10.6.